The number of rotatable bonds is 7. The van der Waals surface area contributed by atoms with Gasteiger partial charge < -0.3 is 10.6 Å². The molecule has 0 spiro atoms. The van der Waals surface area contributed by atoms with E-state index in [1.165, 1.54) is 9.75 Å². The van der Waals surface area contributed by atoms with E-state index in [4.69, 9.17) is 0 Å². The number of thiophene rings is 1. The van der Waals surface area contributed by atoms with Gasteiger partial charge in [-0.15, -0.1) is 46.7 Å². The van der Waals surface area contributed by atoms with E-state index in [-0.39, 0.29) is 30.0 Å². The van der Waals surface area contributed by atoms with Gasteiger partial charge >= 0.3 is 6.18 Å². The van der Waals surface area contributed by atoms with Crippen molar-refractivity contribution < 1.29 is 13.2 Å². The molecule has 0 aliphatic rings. The number of nitrogens with one attached hydrogen (secondary N) is 2. The number of hydrogen-bond acceptors (Lipinski definition) is 4. The van der Waals surface area contributed by atoms with Crippen molar-refractivity contribution in [3.63, 3.8) is 0 Å². The zero-order chi connectivity index (χ0) is 19.2. The van der Waals surface area contributed by atoms with Crippen LogP contribution in [-0.4, -0.2) is 30.1 Å². The minimum Gasteiger partial charge on any atom is -0.357 e. The predicted molar refractivity (Wildman–Crippen MR) is 118 cm³/mol. The molecule has 2 N–H and O–H groups in total. The van der Waals surface area contributed by atoms with Crippen molar-refractivity contribution in [1.82, 2.24) is 15.6 Å². The Labute approximate surface area is 182 Å². The van der Waals surface area contributed by atoms with E-state index in [1.54, 1.807) is 11.3 Å². The molecule has 0 saturated carbocycles. The van der Waals surface area contributed by atoms with Crippen molar-refractivity contribution in [2.75, 3.05) is 13.1 Å². The molecule has 0 bridgehead atoms. The van der Waals surface area contributed by atoms with E-state index in [9.17, 15) is 13.2 Å². The van der Waals surface area contributed by atoms with Crippen LogP contribution in [0.2, 0.25) is 0 Å². The summed E-state index contributed by atoms with van der Waals surface area (Å²) in [6, 6.07) is 4.43. The van der Waals surface area contributed by atoms with Gasteiger partial charge in [-0.2, -0.15) is 13.2 Å². The van der Waals surface area contributed by atoms with Crippen LogP contribution in [0.1, 0.15) is 34.3 Å². The first-order valence-electron chi connectivity index (χ1n) is 8.39. The second-order valence-electron chi connectivity index (χ2n) is 5.90. The van der Waals surface area contributed by atoms with Crippen LogP contribution in [0.3, 0.4) is 0 Å². The molecule has 2 aromatic heterocycles. The number of thiazole rings is 1. The van der Waals surface area contributed by atoms with Gasteiger partial charge in [0, 0.05) is 47.1 Å². The maximum Gasteiger partial charge on any atom is 0.434 e. The molecule has 2 rings (SSSR count). The first-order chi connectivity index (χ1) is 12.3. The first-order valence-corrected chi connectivity index (χ1v) is 10.1. The van der Waals surface area contributed by atoms with Crippen molar-refractivity contribution in [1.29, 1.82) is 0 Å². The number of aryl methyl sites for hydroxylation is 1. The fourth-order valence-corrected chi connectivity index (χ4v) is 4.13. The van der Waals surface area contributed by atoms with Crippen LogP contribution >= 0.6 is 46.7 Å². The first kappa shape index (κ1) is 24.2. The molecule has 4 nitrogen and oxygen atoms in total. The quantitative estimate of drug-likeness (QED) is 0.304. The Balaban J connectivity index is 0.00000364. The number of aromatic nitrogens is 1. The minimum atomic E-state index is -4.38. The smallest absolute Gasteiger partial charge is 0.357 e. The van der Waals surface area contributed by atoms with Gasteiger partial charge in [-0.25, -0.2) is 4.98 Å². The molecule has 2 heterocycles. The van der Waals surface area contributed by atoms with Gasteiger partial charge in [-0.05, 0) is 32.9 Å². The van der Waals surface area contributed by atoms with E-state index in [1.807, 2.05) is 6.92 Å². The van der Waals surface area contributed by atoms with Crippen molar-refractivity contribution in [3.8, 4) is 0 Å². The Kier molecular flexibility index (Phi) is 10.0. The second-order valence-corrected chi connectivity index (χ2v) is 8.21. The molecule has 27 heavy (non-hydrogen) atoms. The Morgan fingerprint density at radius 2 is 2.07 bits per heavy atom. The number of nitrogens with zero attached hydrogens (tertiary/aromatic N) is 2. The van der Waals surface area contributed by atoms with Gasteiger partial charge in [0.15, 0.2) is 11.7 Å². The molecular weight excluding hydrogens is 508 g/mol. The minimum absolute atomic E-state index is 0. The third-order valence-electron chi connectivity index (χ3n) is 3.47. The molecule has 1 atom stereocenters. The molecule has 2 aromatic rings. The average Bonchev–Trinajstić information content (AvgIpc) is 3.16. The number of guanidine groups is 1. The summed E-state index contributed by atoms with van der Waals surface area (Å²) in [4.78, 5) is 10.7. The van der Waals surface area contributed by atoms with Crippen molar-refractivity contribution in [2.24, 2.45) is 4.99 Å². The third-order valence-corrected chi connectivity index (χ3v) is 5.40. The number of hydrogen-bond donors (Lipinski definition) is 2. The molecule has 0 fully saturated rings. The van der Waals surface area contributed by atoms with Gasteiger partial charge in [-0.1, -0.05) is 0 Å². The summed E-state index contributed by atoms with van der Waals surface area (Å²) in [5.74, 6) is 0.667. The fraction of sp³-hybridized carbons (Fsp3) is 0.529. The molecule has 0 saturated heterocycles. The summed E-state index contributed by atoms with van der Waals surface area (Å²) < 4.78 is 37.7. The molecule has 0 aromatic carbocycles. The van der Waals surface area contributed by atoms with Crippen molar-refractivity contribution in [2.45, 2.75) is 45.8 Å². The second kappa shape index (κ2) is 11.2. The molecular formula is C17H24F3IN4S2. The lowest BCUT2D eigenvalue weighted by molar-refractivity contribution is -0.140. The van der Waals surface area contributed by atoms with E-state index in [0.717, 1.165) is 23.1 Å². The summed E-state index contributed by atoms with van der Waals surface area (Å²) in [6.07, 6.45) is -3.11. The molecule has 0 radical (unpaired) electrons. The van der Waals surface area contributed by atoms with Gasteiger partial charge in [0.2, 0.25) is 0 Å². The molecule has 1 unspecified atom stereocenters. The predicted octanol–water partition coefficient (Wildman–Crippen LogP) is 4.88. The lowest BCUT2D eigenvalue weighted by Gasteiger charge is -2.17. The maximum absolute atomic E-state index is 12.6. The van der Waals surface area contributed by atoms with Crippen LogP contribution in [0.4, 0.5) is 13.2 Å². The molecule has 10 heteroatoms. The summed E-state index contributed by atoms with van der Waals surface area (Å²) in [7, 11) is 0. The number of aliphatic imine (C=N–C) groups is 1. The van der Waals surface area contributed by atoms with Crippen LogP contribution < -0.4 is 10.6 Å². The van der Waals surface area contributed by atoms with Crippen molar-refractivity contribution in [3.05, 3.63) is 38.0 Å². The number of alkyl halides is 3. The highest BCUT2D eigenvalue weighted by molar-refractivity contribution is 14.0. The van der Waals surface area contributed by atoms with Gasteiger partial charge in [0.05, 0.1) is 5.01 Å². The Morgan fingerprint density at radius 3 is 2.63 bits per heavy atom. The summed E-state index contributed by atoms with van der Waals surface area (Å²) in [5.41, 5.74) is -0.827. The summed E-state index contributed by atoms with van der Waals surface area (Å²) >= 11 is 2.80. The van der Waals surface area contributed by atoms with Crippen LogP contribution in [0, 0.1) is 6.92 Å². The topological polar surface area (TPSA) is 49.3 Å². The normalized spacial score (nSPS) is 13.2. The zero-order valence-corrected chi connectivity index (χ0v) is 19.4. The van der Waals surface area contributed by atoms with E-state index in [2.05, 4.69) is 46.6 Å². The van der Waals surface area contributed by atoms with Gasteiger partial charge in [0.25, 0.3) is 0 Å². The van der Waals surface area contributed by atoms with Crippen LogP contribution in [0.25, 0.3) is 0 Å². The summed E-state index contributed by atoms with van der Waals surface area (Å²) in [5, 5.41) is 8.00. The molecule has 0 aliphatic carbocycles. The van der Waals surface area contributed by atoms with Gasteiger partial charge in [0.1, 0.15) is 0 Å². The standard InChI is InChI=1S/C17H23F3N4S2.HI/c1-4-21-16(23-11(2)9-13-6-5-12(3)26-13)22-8-7-15-24-14(10-25-15)17(18,19)20;/h5-6,10-11H,4,7-9H2,1-3H3,(H2,21,22,23);1H. The van der Waals surface area contributed by atoms with Crippen LogP contribution in [-0.2, 0) is 19.0 Å². The average molecular weight is 532 g/mol. The number of halogens is 4. The SMILES string of the molecule is CCNC(=NCCc1nc(C(F)(F)F)cs1)NC(C)Cc1ccc(C)s1.I. The third kappa shape index (κ3) is 8.34. The Morgan fingerprint density at radius 1 is 1.33 bits per heavy atom. The maximum atomic E-state index is 12.6. The van der Waals surface area contributed by atoms with Crippen LogP contribution in [0.15, 0.2) is 22.5 Å². The highest BCUT2D eigenvalue weighted by Gasteiger charge is 2.33. The monoisotopic (exact) mass is 532 g/mol. The largest absolute Gasteiger partial charge is 0.434 e. The molecule has 0 aliphatic heterocycles. The molecule has 0 amide bonds. The Bertz CT molecular complexity index is 728. The van der Waals surface area contributed by atoms with E-state index >= 15 is 0 Å². The molecule has 152 valence electrons. The highest BCUT2D eigenvalue weighted by Crippen LogP contribution is 2.30. The van der Waals surface area contributed by atoms with E-state index in [0.29, 0.717) is 30.5 Å². The summed E-state index contributed by atoms with van der Waals surface area (Å²) in [6.45, 7) is 7.23. The van der Waals surface area contributed by atoms with Crippen molar-refractivity contribution >= 4 is 52.6 Å². The van der Waals surface area contributed by atoms with Gasteiger partial charge in [-0.3, -0.25) is 4.99 Å². The lowest BCUT2D eigenvalue weighted by Crippen LogP contribution is -2.43. The lowest BCUT2D eigenvalue weighted by atomic mass is 10.2. The van der Waals surface area contributed by atoms with E-state index < -0.39 is 11.9 Å². The Hall–Kier alpha value is -0.880. The highest BCUT2D eigenvalue weighted by atomic mass is 127. The van der Waals surface area contributed by atoms with Crippen LogP contribution in [0.5, 0.6) is 0 Å². The zero-order valence-electron chi connectivity index (χ0n) is 15.4. The fourth-order valence-electron chi connectivity index (χ4n) is 2.32.